The van der Waals surface area contributed by atoms with Crippen LogP contribution in [-0.2, 0) is 14.8 Å². The van der Waals surface area contributed by atoms with Gasteiger partial charge in [0.15, 0.2) is 0 Å². The van der Waals surface area contributed by atoms with Crippen LogP contribution in [0.2, 0.25) is 0 Å². The third-order valence-corrected chi connectivity index (χ3v) is 7.26. The Morgan fingerprint density at radius 1 is 1.26 bits per heavy atom. The number of rotatable bonds is 7. The molecule has 2 N–H and O–H groups in total. The molecule has 1 aromatic carbocycles. The Morgan fingerprint density at radius 3 is 2.41 bits per heavy atom. The van der Waals surface area contributed by atoms with Gasteiger partial charge in [-0.25, -0.2) is 13.2 Å². The number of nitrogens with zero attached hydrogens (tertiary/aromatic N) is 1. The lowest BCUT2D eigenvalue weighted by atomic mass is 9.99. The highest BCUT2D eigenvalue weighted by Crippen LogP contribution is 2.25. The van der Waals surface area contributed by atoms with Crippen molar-refractivity contribution >= 4 is 21.9 Å². The lowest BCUT2D eigenvalue weighted by Crippen LogP contribution is -2.45. The number of sulfonamides is 1. The maximum atomic E-state index is 12.8. The van der Waals surface area contributed by atoms with Gasteiger partial charge in [-0.2, -0.15) is 4.31 Å². The number of carbonyl (C=O) groups is 2. The molecular formula is C19H28N2O5S. The van der Waals surface area contributed by atoms with Crippen LogP contribution in [0.4, 0.5) is 0 Å². The van der Waals surface area contributed by atoms with Crippen molar-refractivity contribution in [3.8, 4) is 0 Å². The van der Waals surface area contributed by atoms with Gasteiger partial charge in [-0.1, -0.05) is 26.7 Å². The lowest BCUT2D eigenvalue weighted by molar-refractivity contribution is -0.140. The molecule has 1 amide bonds. The molecule has 27 heavy (non-hydrogen) atoms. The predicted molar refractivity (Wildman–Crippen MR) is 102 cm³/mol. The van der Waals surface area contributed by atoms with Gasteiger partial charge in [-0.05, 0) is 49.9 Å². The maximum absolute atomic E-state index is 12.8. The number of carboxylic acids is 1. The molecule has 0 spiro atoms. The second-order valence-electron chi connectivity index (χ2n) is 7.16. The molecule has 0 radical (unpaired) electrons. The molecule has 3 unspecified atom stereocenters. The minimum absolute atomic E-state index is 0.0430. The molecule has 1 aromatic rings. The highest BCUT2D eigenvalue weighted by Gasteiger charge is 2.31. The fourth-order valence-electron chi connectivity index (χ4n) is 3.25. The van der Waals surface area contributed by atoms with Crippen LogP contribution in [0.5, 0.6) is 0 Å². The Balaban J connectivity index is 2.16. The molecule has 1 aliphatic rings. The van der Waals surface area contributed by atoms with Gasteiger partial charge in [0.05, 0.1) is 4.90 Å². The van der Waals surface area contributed by atoms with E-state index in [2.05, 4.69) is 5.32 Å². The zero-order valence-corrected chi connectivity index (χ0v) is 16.8. The third kappa shape index (κ3) is 4.87. The fourth-order valence-corrected chi connectivity index (χ4v) is 4.95. The van der Waals surface area contributed by atoms with E-state index in [-0.39, 0.29) is 22.4 Å². The molecule has 0 aliphatic carbocycles. The molecule has 0 saturated carbocycles. The number of piperidine rings is 1. The van der Waals surface area contributed by atoms with Gasteiger partial charge in [0.1, 0.15) is 6.04 Å². The molecule has 3 atom stereocenters. The summed E-state index contributed by atoms with van der Waals surface area (Å²) in [6.45, 7) is 6.02. The van der Waals surface area contributed by atoms with Crippen molar-refractivity contribution in [2.24, 2.45) is 5.92 Å². The largest absolute Gasteiger partial charge is 0.480 e. The Labute approximate surface area is 160 Å². The summed E-state index contributed by atoms with van der Waals surface area (Å²) in [5.74, 6) is -1.83. The molecule has 2 rings (SSSR count). The van der Waals surface area contributed by atoms with Crippen molar-refractivity contribution in [1.29, 1.82) is 0 Å². The molecule has 7 nitrogen and oxygen atoms in total. The van der Waals surface area contributed by atoms with Crippen molar-refractivity contribution in [3.05, 3.63) is 29.8 Å². The first-order chi connectivity index (χ1) is 12.7. The van der Waals surface area contributed by atoms with E-state index in [0.29, 0.717) is 13.0 Å². The Bertz CT molecular complexity index is 776. The zero-order valence-electron chi connectivity index (χ0n) is 16.0. The normalized spacial score (nSPS) is 20.6. The first-order valence-corrected chi connectivity index (χ1v) is 10.8. The Kier molecular flexibility index (Phi) is 7.00. The summed E-state index contributed by atoms with van der Waals surface area (Å²) in [4.78, 5) is 23.9. The van der Waals surface area contributed by atoms with E-state index in [0.717, 1.165) is 19.3 Å². The molecule has 150 valence electrons. The number of nitrogens with one attached hydrogen (secondary N) is 1. The summed E-state index contributed by atoms with van der Waals surface area (Å²) in [5, 5.41) is 11.8. The molecule has 0 aromatic heterocycles. The quantitative estimate of drug-likeness (QED) is 0.737. The second-order valence-corrected chi connectivity index (χ2v) is 9.05. The highest BCUT2D eigenvalue weighted by molar-refractivity contribution is 7.89. The first-order valence-electron chi connectivity index (χ1n) is 9.34. The number of hydrogen-bond acceptors (Lipinski definition) is 4. The van der Waals surface area contributed by atoms with E-state index in [1.807, 2.05) is 13.8 Å². The summed E-state index contributed by atoms with van der Waals surface area (Å²) < 4.78 is 27.2. The van der Waals surface area contributed by atoms with E-state index in [4.69, 9.17) is 0 Å². The standard InChI is InChI=1S/C19H28N2O5S/c1-4-13(2)17(19(23)24)20-18(22)15-8-10-16(11-9-15)27(25,26)21-12-6-5-7-14(21)3/h8-11,13-14,17H,4-7,12H2,1-3H3,(H,20,22)(H,23,24). The monoisotopic (exact) mass is 396 g/mol. The summed E-state index contributed by atoms with van der Waals surface area (Å²) in [6, 6.07) is 4.63. The first kappa shape index (κ1) is 21.4. The van der Waals surface area contributed by atoms with E-state index in [1.54, 1.807) is 6.92 Å². The number of benzene rings is 1. The van der Waals surface area contributed by atoms with Crippen molar-refractivity contribution in [2.75, 3.05) is 6.54 Å². The van der Waals surface area contributed by atoms with Crippen molar-refractivity contribution in [3.63, 3.8) is 0 Å². The van der Waals surface area contributed by atoms with Crippen LogP contribution in [0.1, 0.15) is 56.8 Å². The van der Waals surface area contributed by atoms with E-state index < -0.39 is 27.9 Å². The summed E-state index contributed by atoms with van der Waals surface area (Å²) in [6.07, 6.45) is 3.32. The number of carboxylic acid groups (broad SMARTS) is 1. The SMILES string of the molecule is CCC(C)C(NC(=O)c1ccc(S(=O)(=O)N2CCCCC2C)cc1)C(=O)O. The van der Waals surface area contributed by atoms with Crippen molar-refractivity contribution in [1.82, 2.24) is 9.62 Å². The third-order valence-electron chi connectivity index (χ3n) is 5.23. The predicted octanol–water partition coefficient (Wildman–Crippen LogP) is 2.48. The van der Waals surface area contributed by atoms with E-state index >= 15 is 0 Å². The van der Waals surface area contributed by atoms with Gasteiger partial charge in [0.25, 0.3) is 5.91 Å². The Hall–Kier alpha value is -1.93. The zero-order chi connectivity index (χ0) is 20.2. The van der Waals surface area contributed by atoms with Crippen LogP contribution in [0, 0.1) is 5.92 Å². The smallest absolute Gasteiger partial charge is 0.326 e. The molecule has 8 heteroatoms. The summed E-state index contributed by atoms with van der Waals surface area (Å²) >= 11 is 0. The van der Waals surface area contributed by atoms with Gasteiger partial charge in [0.2, 0.25) is 10.0 Å². The number of aliphatic carboxylic acids is 1. The topological polar surface area (TPSA) is 104 Å². The summed E-state index contributed by atoms with van der Waals surface area (Å²) in [7, 11) is -3.60. The lowest BCUT2D eigenvalue weighted by Gasteiger charge is -2.32. The fraction of sp³-hybridized carbons (Fsp3) is 0.579. The average molecular weight is 397 g/mol. The molecule has 1 heterocycles. The minimum atomic E-state index is -3.60. The highest BCUT2D eigenvalue weighted by atomic mass is 32.2. The van der Waals surface area contributed by atoms with Crippen LogP contribution < -0.4 is 5.32 Å². The van der Waals surface area contributed by atoms with E-state index in [1.165, 1.54) is 28.6 Å². The number of amides is 1. The van der Waals surface area contributed by atoms with Gasteiger partial charge in [-0.3, -0.25) is 4.79 Å². The van der Waals surface area contributed by atoms with Gasteiger partial charge in [-0.15, -0.1) is 0 Å². The minimum Gasteiger partial charge on any atom is -0.480 e. The van der Waals surface area contributed by atoms with E-state index in [9.17, 15) is 23.1 Å². The molecular weight excluding hydrogens is 368 g/mol. The van der Waals surface area contributed by atoms with Crippen molar-refractivity contribution < 1.29 is 23.1 Å². The molecule has 1 aliphatic heterocycles. The second kappa shape index (κ2) is 8.84. The molecule has 1 fully saturated rings. The maximum Gasteiger partial charge on any atom is 0.326 e. The summed E-state index contributed by atoms with van der Waals surface area (Å²) in [5.41, 5.74) is 0.232. The van der Waals surface area contributed by atoms with Crippen LogP contribution in [0.15, 0.2) is 29.2 Å². The van der Waals surface area contributed by atoms with Crippen LogP contribution in [0.3, 0.4) is 0 Å². The van der Waals surface area contributed by atoms with Crippen LogP contribution in [0.25, 0.3) is 0 Å². The molecule has 1 saturated heterocycles. The van der Waals surface area contributed by atoms with Gasteiger partial charge in [0, 0.05) is 18.2 Å². The van der Waals surface area contributed by atoms with Crippen LogP contribution in [-0.4, -0.2) is 48.3 Å². The van der Waals surface area contributed by atoms with Gasteiger partial charge < -0.3 is 10.4 Å². The number of carbonyl (C=O) groups excluding carboxylic acids is 1. The van der Waals surface area contributed by atoms with Crippen LogP contribution >= 0.6 is 0 Å². The number of hydrogen-bond donors (Lipinski definition) is 2. The van der Waals surface area contributed by atoms with Crippen molar-refractivity contribution in [2.45, 2.75) is 63.4 Å². The molecule has 0 bridgehead atoms. The van der Waals surface area contributed by atoms with Gasteiger partial charge >= 0.3 is 5.97 Å². The Morgan fingerprint density at radius 2 is 1.89 bits per heavy atom. The average Bonchev–Trinajstić information content (AvgIpc) is 2.65.